The summed E-state index contributed by atoms with van der Waals surface area (Å²) in [5.41, 5.74) is 0. The van der Waals surface area contributed by atoms with Gasteiger partial charge in [0.15, 0.2) is 0 Å². The highest BCUT2D eigenvalue weighted by Gasteiger charge is 2.16. The Morgan fingerprint density at radius 1 is 1.14 bits per heavy atom. The Bertz CT molecular complexity index is 151. The highest BCUT2D eigenvalue weighted by atomic mass is 16.3. The van der Waals surface area contributed by atoms with E-state index in [9.17, 15) is 5.11 Å². The van der Waals surface area contributed by atoms with Gasteiger partial charge in [-0.1, -0.05) is 26.7 Å². The van der Waals surface area contributed by atoms with Crippen LogP contribution in [-0.2, 0) is 0 Å². The highest BCUT2D eigenvalue weighted by molar-refractivity contribution is 4.83. The largest absolute Gasteiger partial charge is 0.393 e. The van der Waals surface area contributed by atoms with Gasteiger partial charge in [-0.2, -0.15) is 0 Å². The fraction of sp³-hybridized carbons (Fsp3) is 0.846. The number of unbranched alkanes of at least 4 members (excludes halogenated alkanes) is 1. The Morgan fingerprint density at radius 2 is 1.71 bits per heavy atom. The standard InChI is InChI=1S/C13H24O/c1-4-7-8-11-13(14)12(9-5-2)10-6-3/h1,12-14H,5-11H2,2-3H3. The van der Waals surface area contributed by atoms with Crippen LogP contribution in [0.2, 0.25) is 0 Å². The molecule has 0 aliphatic rings. The summed E-state index contributed by atoms with van der Waals surface area (Å²) in [6, 6.07) is 0. The number of hydrogen-bond acceptors (Lipinski definition) is 1. The first-order valence-electron chi connectivity index (χ1n) is 5.87. The lowest BCUT2D eigenvalue weighted by molar-refractivity contribution is 0.0864. The average molecular weight is 196 g/mol. The zero-order chi connectivity index (χ0) is 10.8. The molecule has 0 spiro atoms. The third-order valence-electron chi connectivity index (χ3n) is 2.68. The fourth-order valence-electron chi connectivity index (χ4n) is 1.92. The molecular weight excluding hydrogens is 172 g/mol. The van der Waals surface area contributed by atoms with E-state index in [4.69, 9.17) is 6.42 Å². The van der Waals surface area contributed by atoms with E-state index < -0.39 is 0 Å². The van der Waals surface area contributed by atoms with Gasteiger partial charge in [0.25, 0.3) is 0 Å². The van der Waals surface area contributed by atoms with Crippen molar-refractivity contribution < 1.29 is 5.11 Å². The molecule has 0 bridgehead atoms. The predicted octanol–water partition coefficient (Wildman–Crippen LogP) is 3.37. The molecule has 1 unspecified atom stereocenters. The van der Waals surface area contributed by atoms with E-state index in [2.05, 4.69) is 19.8 Å². The van der Waals surface area contributed by atoms with E-state index in [-0.39, 0.29) is 6.10 Å². The van der Waals surface area contributed by atoms with Crippen LogP contribution >= 0.6 is 0 Å². The van der Waals surface area contributed by atoms with Crippen molar-refractivity contribution in [3.05, 3.63) is 0 Å². The monoisotopic (exact) mass is 196 g/mol. The predicted molar refractivity (Wildman–Crippen MR) is 62.0 cm³/mol. The number of hydrogen-bond donors (Lipinski definition) is 1. The Kier molecular flexibility index (Phi) is 8.78. The lowest BCUT2D eigenvalue weighted by Gasteiger charge is -2.21. The Morgan fingerprint density at radius 3 is 2.14 bits per heavy atom. The number of rotatable bonds is 8. The molecule has 1 heteroatoms. The fourth-order valence-corrected chi connectivity index (χ4v) is 1.92. The summed E-state index contributed by atoms with van der Waals surface area (Å²) in [5.74, 6) is 3.10. The molecule has 1 atom stereocenters. The summed E-state index contributed by atoms with van der Waals surface area (Å²) in [7, 11) is 0. The van der Waals surface area contributed by atoms with Gasteiger partial charge in [0.2, 0.25) is 0 Å². The topological polar surface area (TPSA) is 20.2 Å². The maximum Gasteiger partial charge on any atom is 0.0568 e. The minimum Gasteiger partial charge on any atom is -0.393 e. The van der Waals surface area contributed by atoms with E-state index >= 15 is 0 Å². The van der Waals surface area contributed by atoms with Gasteiger partial charge >= 0.3 is 0 Å². The molecule has 0 fully saturated rings. The second-order valence-electron chi connectivity index (χ2n) is 4.00. The molecule has 0 amide bonds. The van der Waals surface area contributed by atoms with Crippen molar-refractivity contribution in [3.63, 3.8) is 0 Å². The summed E-state index contributed by atoms with van der Waals surface area (Å²) in [6.07, 6.45) is 12.3. The minimum atomic E-state index is -0.136. The zero-order valence-electron chi connectivity index (χ0n) is 9.63. The molecule has 0 rings (SSSR count). The zero-order valence-corrected chi connectivity index (χ0v) is 9.63. The second-order valence-corrected chi connectivity index (χ2v) is 4.00. The van der Waals surface area contributed by atoms with Crippen LogP contribution in [0.15, 0.2) is 0 Å². The molecule has 1 N–H and O–H groups in total. The third kappa shape index (κ3) is 6.05. The van der Waals surface area contributed by atoms with Crippen LogP contribution in [0.5, 0.6) is 0 Å². The lowest BCUT2D eigenvalue weighted by atomic mass is 9.90. The quantitative estimate of drug-likeness (QED) is 0.466. The van der Waals surface area contributed by atoms with E-state index in [0.717, 1.165) is 44.9 Å². The molecule has 0 heterocycles. The van der Waals surface area contributed by atoms with E-state index in [1.54, 1.807) is 0 Å². The Hall–Kier alpha value is -0.480. The molecule has 0 aromatic rings. The summed E-state index contributed by atoms with van der Waals surface area (Å²) < 4.78 is 0. The molecular formula is C13H24O. The molecule has 82 valence electrons. The average Bonchev–Trinajstić information content (AvgIpc) is 2.18. The van der Waals surface area contributed by atoms with Crippen molar-refractivity contribution in [2.45, 2.75) is 64.9 Å². The van der Waals surface area contributed by atoms with Gasteiger partial charge < -0.3 is 5.11 Å². The molecule has 1 nitrogen and oxygen atoms in total. The maximum absolute atomic E-state index is 9.93. The van der Waals surface area contributed by atoms with E-state index in [1.807, 2.05) is 0 Å². The Labute approximate surface area is 88.9 Å². The van der Waals surface area contributed by atoms with Crippen molar-refractivity contribution >= 4 is 0 Å². The lowest BCUT2D eigenvalue weighted by Crippen LogP contribution is -2.20. The van der Waals surface area contributed by atoms with Gasteiger partial charge in [0.1, 0.15) is 0 Å². The van der Waals surface area contributed by atoms with Crippen molar-refractivity contribution in [1.82, 2.24) is 0 Å². The summed E-state index contributed by atoms with van der Waals surface area (Å²) in [4.78, 5) is 0. The van der Waals surface area contributed by atoms with Crippen molar-refractivity contribution in [2.75, 3.05) is 0 Å². The van der Waals surface area contributed by atoms with Crippen molar-refractivity contribution in [2.24, 2.45) is 5.92 Å². The highest BCUT2D eigenvalue weighted by Crippen LogP contribution is 2.21. The SMILES string of the molecule is C#CCCCC(O)C(CCC)CCC. The molecule has 0 saturated heterocycles. The van der Waals surface area contributed by atoms with Crippen LogP contribution in [0.1, 0.15) is 58.8 Å². The molecule has 14 heavy (non-hydrogen) atoms. The molecule has 0 radical (unpaired) electrons. The van der Waals surface area contributed by atoms with Gasteiger partial charge in [-0.15, -0.1) is 12.3 Å². The molecule has 0 aromatic heterocycles. The Balaban J connectivity index is 3.76. The van der Waals surface area contributed by atoms with Gasteiger partial charge in [0.05, 0.1) is 6.10 Å². The van der Waals surface area contributed by atoms with Crippen LogP contribution < -0.4 is 0 Å². The van der Waals surface area contributed by atoms with Crippen LogP contribution in [0.3, 0.4) is 0 Å². The van der Waals surface area contributed by atoms with Crippen LogP contribution in [-0.4, -0.2) is 11.2 Å². The first-order valence-corrected chi connectivity index (χ1v) is 5.87. The molecule has 0 aliphatic heterocycles. The summed E-state index contributed by atoms with van der Waals surface area (Å²) in [5, 5.41) is 9.93. The van der Waals surface area contributed by atoms with Gasteiger partial charge in [0, 0.05) is 6.42 Å². The maximum atomic E-state index is 9.93. The summed E-state index contributed by atoms with van der Waals surface area (Å²) >= 11 is 0. The number of aliphatic hydroxyl groups excluding tert-OH is 1. The minimum absolute atomic E-state index is 0.136. The van der Waals surface area contributed by atoms with E-state index in [1.165, 1.54) is 0 Å². The van der Waals surface area contributed by atoms with Gasteiger partial charge in [-0.3, -0.25) is 0 Å². The first kappa shape index (κ1) is 13.5. The molecule has 0 aromatic carbocycles. The third-order valence-corrected chi connectivity index (χ3v) is 2.68. The van der Waals surface area contributed by atoms with Crippen molar-refractivity contribution in [3.8, 4) is 12.3 Å². The molecule has 0 saturated carbocycles. The summed E-state index contributed by atoms with van der Waals surface area (Å²) in [6.45, 7) is 4.35. The number of terminal acetylenes is 1. The second kappa shape index (κ2) is 9.09. The smallest absolute Gasteiger partial charge is 0.0568 e. The van der Waals surface area contributed by atoms with Crippen LogP contribution in [0.4, 0.5) is 0 Å². The van der Waals surface area contributed by atoms with Gasteiger partial charge in [-0.05, 0) is 31.6 Å². The van der Waals surface area contributed by atoms with Crippen LogP contribution in [0.25, 0.3) is 0 Å². The van der Waals surface area contributed by atoms with Gasteiger partial charge in [-0.25, -0.2) is 0 Å². The van der Waals surface area contributed by atoms with E-state index in [0.29, 0.717) is 5.92 Å². The van der Waals surface area contributed by atoms with Crippen molar-refractivity contribution in [1.29, 1.82) is 0 Å². The van der Waals surface area contributed by atoms with Crippen LogP contribution in [0, 0.1) is 18.3 Å². The normalized spacial score (nSPS) is 12.8. The molecule has 0 aliphatic carbocycles. The number of aliphatic hydroxyl groups is 1. The first-order chi connectivity index (χ1) is 6.76.